The van der Waals surface area contributed by atoms with Crippen LogP contribution in [0.15, 0.2) is 17.0 Å². The van der Waals surface area contributed by atoms with Gasteiger partial charge in [-0.15, -0.1) is 0 Å². The third kappa shape index (κ3) is 5.52. The number of hydrogen-bond acceptors (Lipinski definition) is 5. The second-order valence-corrected chi connectivity index (χ2v) is 7.05. The highest BCUT2D eigenvalue weighted by molar-refractivity contribution is 8.13. The molecule has 0 heterocycles. The molecule has 0 saturated carbocycles. The van der Waals surface area contributed by atoms with Gasteiger partial charge in [-0.05, 0) is 12.1 Å². The summed E-state index contributed by atoms with van der Waals surface area (Å²) in [5.74, 6) is -0.305. The lowest BCUT2D eigenvalue weighted by Gasteiger charge is -2.10. The standard InChI is InChI=1S/C11H12Cl3NO5S/c1-19-5-4-15-9(16)6-20-7-2-3-8(21(14,17)18)11(13)10(7)12/h2-3H,4-6H2,1H3,(H,15,16). The zero-order valence-corrected chi connectivity index (χ0v) is 13.9. The smallest absolute Gasteiger partial charge is 0.262 e. The van der Waals surface area contributed by atoms with Crippen molar-refractivity contribution in [3.05, 3.63) is 22.2 Å². The molecule has 1 rings (SSSR count). The van der Waals surface area contributed by atoms with Gasteiger partial charge in [0, 0.05) is 24.3 Å². The van der Waals surface area contributed by atoms with E-state index in [1.54, 1.807) is 0 Å². The molecule has 118 valence electrons. The van der Waals surface area contributed by atoms with Gasteiger partial charge in [-0.2, -0.15) is 0 Å². The Labute approximate surface area is 136 Å². The highest BCUT2D eigenvalue weighted by Crippen LogP contribution is 2.37. The van der Waals surface area contributed by atoms with E-state index in [0.29, 0.717) is 13.2 Å². The van der Waals surface area contributed by atoms with Crippen LogP contribution in [0.25, 0.3) is 0 Å². The van der Waals surface area contributed by atoms with Crippen LogP contribution in [-0.2, 0) is 18.6 Å². The molecule has 0 aromatic heterocycles. The molecule has 10 heteroatoms. The maximum absolute atomic E-state index is 11.4. The molecule has 0 fully saturated rings. The third-order valence-corrected chi connectivity index (χ3v) is 4.60. The zero-order chi connectivity index (χ0) is 16.0. The lowest BCUT2D eigenvalue weighted by molar-refractivity contribution is -0.123. The first-order valence-electron chi connectivity index (χ1n) is 5.58. The molecule has 6 nitrogen and oxygen atoms in total. The monoisotopic (exact) mass is 375 g/mol. The number of nitrogens with one attached hydrogen (secondary N) is 1. The van der Waals surface area contributed by atoms with Crippen LogP contribution in [-0.4, -0.2) is 41.2 Å². The van der Waals surface area contributed by atoms with Gasteiger partial charge in [0.1, 0.15) is 15.7 Å². The van der Waals surface area contributed by atoms with Gasteiger partial charge in [0.15, 0.2) is 6.61 Å². The molecule has 0 bridgehead atoms. The quantitative estimate of drug-likeness (QED) is 0.582. The number of amides is 1. The Hall–Kier alpha value is -0.730. The van der Waals surface area contributed by atoms with Gasteiger partial charge in [0.05, 0.1) is 11.6 Å². The Morgan fingerprint density at radius 3 is 2.52 bits per heavy atom. The summed E-state index contributed by atoms with van der Waals surface area (Å²) in [5.41, 5.74) is 0. The lowest BCUT2D eigenvalue weighted by Crippen LogP contribution is -2.31. The number of rotatable bonds is 7. The Balaban J connectivity index is 2.74. The summed E-state index contributed by atoms with van der Waals surface area (Å²) in [4.78, 5) is 11.1. The molecule has 1 amide bonds. The summed E-state index contributed by atoms with van der Waals surface area (Å²) in [6, 6.07) is 2.42. The van der Waals surface area contributed by atoms with E-state index in [4.69, 9.17) is 43.4 Å². The van der Waals surface area contributed by atoms with Crippen molar-refractivity contribution in [2.45, 2.75) is 4.90 Å². The van der Waals surface area contributed by atoms with Crippen molar-refractivity contribution in [2.75, 3.05) is 26.9 Å². The maximum atomic E-state index is 11.4. The minimum atomic E-state index is -4.01. The van der Waals surface area contributed by atoms with Gasteiger partial charge < -0.3 is 14.8 Å². The van der Waals surface area contributed by atoms with E-state index in [2.05, 4.69) is 5.32 Å². The van der Waals surface area contributed by atoms with Crippen molar-refractivity contribution in [2.24, 2.45) is 0 Å². The lowest BCUT2D eigenvalue weighted by atomic mass is 10.3. The Bertz CT molecular complexity index is 621. The summed E-state index contributed by atoms with van der Waals surface area (Å²) in [6.45, 7) is 0.421. The second kappa shape index (κ2) is 8.05. The van der Waals surface area contributed by atoms with Crippen LogP contribution in [0.2, 0.25) is 10.0 Å². The van der Waals surface area contributed by atoms with Gasteiger partial charge in [-0.1, -0.05) is 23.2 Å². The van der Waals surface area contributed by atoms with Gasteiger partial charge in [-0.3, -0.25) is 4.79 Å². The zero-order valence-electron chi connectivity index (χ0n) is 10.9. The summed E-state index contributed by atoms with van der Waals surface area (Å²) >= 11 is 11.7. The molecule has 0 aliphatic rings. The average Bonchev–Trinajstić information content (AvgIpc) is 2.39. The molecule has 0 atom stereocenters. The Morgan fingerprint density at radius 1 is 1.29 bits per heavy atom. The van der Waals surface area contributed by atoms with Crippen molar-refractivity contribution in [3.63, 3.8) is 0 Å². The van der Waals surface area contributed by atoms with Crippen molar-refractivity contribution >= 4 is 48.8 Å². The number of carbonyl (C=O) groups excluding carboxylic acids is 1. The predicted molar refractivity (Wildman–Crippen MR) is 79.9 cm³/mol. The molecule has 0 unspecified atom stereocenters. The molecule has 0 radical (unpaired) electrons. The first kappa shape index (κ1) is 18.3. The number of carbonyl (C=O) groups is 1. The largest absolute Gasteiger partial charge is 0.482 e. The number of methoxy groups -OCH3 is 1. The van der Waals surface area contributed by atoms with Crippen molar-refractivity contribution in [1.82, 2.24) is 5.32 Å². The summed E-state index contributed by atoms with van der Waals surface area (Å²) in [7, 11) is 2.70. The van der Waals surface area contributed by atoms with Crippen LogP contribution in [0.4, 0.5) is 0 Å². The SMILES string of the molecule is COCCNC(=O)COc1ccc(S(=O)(=O)Cl)c(Cl)c1Cl. The van der Waals surface area contributed by atoms with E-state index < -0.39 is 9.05 Å². The number of halogens is 3. The predicted octanol–water partition coefficient (Wildman–Crippen LogP) is 2.06. The van der Waals surface area contributed by atoms with E-state index in [0.717, 1.165) is 6.07 Å². The first-order valence-corrected chi connectivity index (χ1v) is 8.65. The van der Waals surface area contributed by atoms with E-state index >= 15 is 0 Å². The molecule has 0 aliphatic carbocycles. The van der Waals surface area contributed by atoms with E-state index in [1.165, 1.54) is 13.2 Å². The van der Waals surface area contributed by atoms with E-state index in [-0.39, 0.29) is 33.2 Å². The molecule has 1 aromatic carbocycles. The maximum Gasteiger partial charge on any atom is 0.262 e. The van der Waals surface area contributed by atoms with Crippen LogP contribution >= 0.6 is 33.9 Å². The minimum absolute atomic E-state index is 0.0765. The van der Waals surface area contributed by atoms with Crippen LogP contribution in [0.5, 0.6) is 5.75 Å². The van der Waals surface area contributed by atoms with Crippen LogP contribution < -0.4 is 10.1 Å². The molecular formula is C11H12Cl3NO5S. The topological polar surface area (TPSA) is 81.7 Å². The third-order valence-electron chi connectivity index (χ3n) is 2.26. The average molecular weight is 377 g/mol. The van der Waals surface area contributed by atoms with Crippen molar-refractivity contribution in [1.29, 1.82) is 0 Å². The fourth-order valence-electron chi connectivity index (χ4n) is 1.30. The molecule has 0 aliphatic heterocycles. The number of hydrogen-bond donors (Lipinski definition) is 1. The molecule has 0 spiro atoms. The van der Waals surface area contributed by atoms with E-state index in [1.807, 2.05) is 0 Å². The van der Waals surface area contributed by atoms with Gasteiger partial charge in [0.25, 0.3) is 15.0 Å². The molecule has 1 aromatic rings. The minimum Gasteiger partial charge on any atom is -0.482 e. The summed E-state index contributed by atoms with van der Waals surface area (Å²) in [5, 5.41) is 2.15. The first-order chi connectivity index (χ1) is 9.77. The second-order valence-electron chi connectivity index (χ2n) is 3.76. The van der Waals surface area contributed by atoms with E-state index in [9.17, 15) is 13.2 Å². The van der Waals surface area contributed by atoms with Crippen LogP contribution in [0.1, 0.15) is 0 Å². The Morgan fingerprint density at radius 2 is 1.95 bits per heavy atom. The molecule has 21 heavy (non-hydrogen) atoms. The van der Waals surface area contributed by atoms with Gasteiger partial charge in [0.2, 0.25) is 0 Å². The summed E-state index contributed by atoms with van der Waals surface area (Å²) in [6.07, 6.45) is 0. The van der Waals surface area contributed by atoms with Gasteiger partial charge in [-0.25, -0.2) is 8.42 Å². The highest BCUT2D eigenvalue weighted by Gasteiger charge is 2.20. The highest BCUT2D eigenvalue weighted by atomic mass is 35.7. The van der Waals surface area contributed by atoms with Crippen LogP contribution in [0.3, 0.4) is 0 Å². The van der Waals surface area contributed by atoms with Crippen molar-refractivity contribution < 1.29 is 22.7 Å². The van der Waals surface area contributed by atoms with Crippen molar-refractivity contribution in [3.8, 4) is 5.75 Å². The summed E-state index contributed by atoms with van der Waals surface area (Å²) < 4.78 is 32.4. The van der Waals surface area contributed by atoms with Crippen LogP contribution in [0, 0.1) is 0 Å². The normalized spacial score (nSPS) is 11.2. The fourth-order valence-corrected chi connectivity index (χ4v) is 3.09. The van der Waals surface area contributed by atoms with Gasteiger partial charge >= 0.3 is 0 Å². The molecule has 0 saturated heterocycles. The number of ether oxygens (including phenoxy) is 2. The molecular weight excluding hydrogens is 365 g/mol. The fraction of sp³-hybridized carbons (Fsp3) is 0.364. The number of benzene rings is 1. The Kier molecular flexibility index (Phi) is 7.02. The molecule has 1 N–H and O–H groups in total.